The van der Waals surface area contributed by atoms with Gasteiger partial charge >= 0.3 is 0 Å². The largest absolute Gasteiger partial charge is 0.378 e. The Bertz CT molecular complexity index is 619. The number of nitro benzene ring substituents is 1. The van der Waals surface area contributed by atoms with E-state index in [1.165, 1.54) is 24.3 Å². The van der Waals surface area contributed by atoms with Gasteiger partial charge in [0.2, 0.25) is 0 Å². The second-order valence-electron chi connectivity index (χ2n) is 3.86. The molecule has 0 amide bonds. The fourth-order valence-electron chi connectivity index (χ4n) is 1.67. The van der Waals surface area contributed by atoms with Gasteiger partial charge in [0.1, 0.15) is 5.82 Å². The molecule has 0 atom stereocenters. The van der Waals surface area contributed by atoms with Gasteiger partial charge in [-0.1, -0.05) is 23.7 Å². The zero-order chi connectivity index (χ0) is 13.8. The molecular formula is C13H10ClFN2O2. The summed E-state index contributed by atoms with van der Waals surface area (Å²) in [5, 5.41) is 14.1. The van der Waals surface area contributed by atoms with Crippen molar-refractivity contribution in [3.8, 4) is 0 Å². The van der Waals surface area contributed by atoms with Gasteiger partial charge < -0.3 is 5.32 Å². The summed E-state index contributed by atoms with van der Waals surface area (Å²) in [6, 6.07) is 10.4. The van der Waals surface area contributed by atoms with Crippen molar-refractivity contribution in [3.05, 3.63) is 69.0 Å². The van der Waals surface area contributed by atoms with Gasteiger partial charge in [0.15, 0.2) is 0 Å². The van der Waals surface area contributed by atoms with Crippen LogP contribution >= 0.6 is 11.6 Å². The summed E-state index contributed by atoms with van der Waals surface area (Å²) in [5.74, 6) is -0.410. The summed E-state index contributed by atoms with van der Waals surface area (Å²) in [6.45, 7) is 0.123. The second kappa shape index (κ2) is 5.67. The molecule has 0 aliphatic rings. The van der Waals surface area contributed by atoms with Crippen molar-refractivity contribution in [2.75, 3.05) is 5.32 Å². The number of rotatable bonds is 4. The zero-order valence-corrected chi connectivity index (χ0v) is 10.5. The molecule has 2 aromatic rings. The Kier molecular flexibility index (Phi) is 3.97. The molecule has 0 aromatic heterocycles. The first-order valence-electron chi connectivity index (χ1n) is 5.49. The first kappa shape index (κ1) is 13.3. The summed E-state index contributed by atoms with van der Waals surface area (Å²) in [5.41, 5.74) is 0.644. The van der Waals surface area contributed by atoms with Crippen LogP contribution in [0.15, 0.2) is 42.5 Å². The molecular weight excluding hydrogens is 271 g/mol. The van der Waals surface area contributed by atoms with Crippen molar-refractivity contribution >= 4 is 23.0 Å². The minimum absolute atomic E-state index is 0.0479. The Hall–Kier alpha value is -2.14. The van der Waals surface area contributed by atoms with Gasteiger partial charge in [0.25, 0.3) is 5.69 Å². The molecule has 4 nitrogen and oxygen atoms in total. The van der Waals surface area contributed by atoms with E-state index in [9.17, 15) is 14.5 Å². The molecule has 6 heteroatoms. The van der Waals surface area contributed by atoms with Crippen LogP contribution in [0.2, 0.25) is 5.02 Å². The van der Waals surface area contributed by atoms with Crippen LogP contribution in [0.1, 0.15) is 5.56 Å². The number of nitrogens with one attached hydrogen (secondary N) is 1. The molecule has 0 heterocycles. The maximum atomic E-state index is 13.4. The van der Waals surface area contributed by atoms with E-state index in [-0.39, 0.29) is 17.9 Å². The summed E-state index contributed by atoms with van der Waals surface area (Å²) >= 11 is 5.81. The number of hydrogen-bond acceptors (Lipinski definition) is 3. The molecule has 0 saturated heterocycles. The number of hydrogen-bond donors (Lipinski definition) is 1. The van der Waals surface area contributed by atoms with E-state index < -0.39 is 10.7 Å². The molecule has 1 N–H and O–H groups in total. The highest BCUT2D eigenvalue weighted by Gasteiger charge is 2.14. The second-order valence-corrected chi connectivity index (χ2v) is 4.30. The monoisotopic (exact) mass is 280 g/mol. The predicted molar refractivity (Wildman–Crippen MR) is 71.8 cm³/mol. The highest BCUT2D eigenvalue weighted by atomic mass is 35.5. The third-order valence-electron chi connectivity index (χ3n) is 2.58. The fourth-order valence-corrected chi connectivity index (χ4v) is 1.86. The Balaban J connectivity index is 2.22. The van der Waals surface area contributed by atoms with Crippen LogP contribution in [0.5, 0.6) is 0 Å². The molecule has 0 spiro atoms. The van der Waals surface area contributed by atoms with Crippen molar-refractivity contribution < 1.29 is 9.31 Å². The van der Waals surface area contributed by atoms with Crippen molar-refractivity contribution in [1.82, 2.24) is 0 Å². The van der Waals surface area contributed by atoms with Crippen molar-refractivity contribution in [3.63, 3.8) is 0 Å². The van der Waals surface area contributed by atoms with E-state index in [4.69, 9.17) is 11.6 Å². The minimum atomic E-state index is -0.491. The molecule has 0 saturated carbocycles. The zero-order valence-electron chi connectivity index (χ0n) is 9.77. The van der Waals surface area contributed by atoms with Crippen molar-refractivity contribution in [2.45, 2.75) is 6.54 Å². The maximum Gasteiger partial charge on any atom is 0.274 e. The lowest BCUT2D eigenvalue weighted by atomic mass is 10.1. The van der Waals surface area contributed by atoms with E-state index in [1.54, 1.807) is 18.2 Å². The molecule has 0 aliphatic carbocycles. The standard InChI is InChI=1S/C13H10ClFN2O2/c14-10-5-6-13(17(18)19)9(7-10)8-16-12-4-2-1-3-11(12)15/h1-7,16H,8H2. The lowest BCUT2D eigenvalue weighted by Crippen LogP contribution is -2.04. The van der Waals surface area contributed by atoms with Crippen molar-refractivity contribution in [1.29, 1.82) is 0 Å². The smallest absolute Gasteiger partial charge is 0.274 e. The van der Waals surface area contributed by atoms with Crippen LogP contribution in [-0.4, -0.2) is 4.92 Å². The number of benzene rings is 2. The number of anilines is 1. The van der Waals surface area contributed by atoms with Crippen LogP contribution in [0.3, 0.4) is 0 Å². The molecule has 0 fully saturated rings. The molecule has 2 aromatic carbocycles. The van der Waals surface area contributed by atoms with Gasteiger partial charge in [-0.15, -0.1) is 0 Å². The Morgan fingerprint density at radius 3 is 2.68 bits per heavy atom. The normalized spacial score (nSPS) is 10.2. The van der Waals surface area contributed by atoms with E-state index >= 15 is 0 Å². The van der Waals surface area contributed by atoms with E-state index in [0.717, 1.165) is 0 Å². The molecule has 2 rings (SSSR count). The molecule has 19 heavy (non-hydrogen) atoms. The van der Waals surface area contributed by atoms with Gasteiger partial charge in [0.05, 0.1) is 16.2 Å². The average Bonchev–Trinajstić information content (AvgIpc) is 2.37. The number of nitrogens with zero attached hydrogens (tertiary/aromatic N) is 1. The Labute approximate surface area is 114 Å². The Morgan fingerprint density at radius 2 is 2.00 bits per heavy atom. The van der Waals surface area contributed by atoms with Crippen molar-refractivity contribution in [2.24, 2.45) is 0 Å². The lowest BCUT2D eigenvalue weighted by molar-refractivity contribution is -0.385. The number of halogens is 2. The van der Waals surface area contributed by atoms with Gasteiger partial charge in [-0.2, -0.15) is 0 Å². The van der Waals surface area contributed by atoms with Gasteiger partial charge in [-0.3, -0.25) is 10.1 Å². The fraction of sp³-hybridized carbons (Fsp3) is 0.0769. The first-order valence-corrected chi connectivity index (χ1v) is 5.87. The summed E-state index contributed by atoms with van der Waals surface area (Å²) in [6.07, 6.45) is 0. The average molecular weight is 281 g/mol. The predicted octanol–water partition coefficient (Wildman–Crippen LogP) is 4.00. The molecule has 0 unspecified atom stereocenters. The number of nitro groups is 1. The van der Waals surface area contributed by atoms with Crippen LogP contribution in [0.4, 0.5) is 15.8 Å². The highest BCUT2D eigenvalue weighted by molar-refractivity contribution is 6.30. The SMILES string of the molecule is O=[N+]([O-])c1ccc(Cl)cc1CNc1ccccc1F. The van der Waals surface area contributed by atoms with E-state index in [1.807, 2.05) is 0 Å². The van der Waals surface area contributed by atoms with Gasteiger partial charge in [-0.25, -0.2) is 4.39 Å². The third kappa shape index (κ3) is 3.20. The summed E-state index contributed by atoms with van der Waals surface area (Å²) < 4.78 is 13.4. The van der Waals surface area contributed by atoms with Crippen LogP contribution < -0.4 is 5.32 Å². The molecule has 0 radical (unpaired) electrons. The summed E-state index contributed by atoms with van der Waals surface area (Å²) in [4.78, 5) is 10.4. The molecule has 0 aliphatic heterocycles. The van der Waals surface area contributed by atoms with E-state index in [0.29, 0.717) is 10.6 Å². The van der Waals surface area contributed by atoms with Crippen LogP contribution in [-0.2, 0) is 6.54 Å². The topological polar surface area (TPSA) is 55.2 Å². The Morgan fingerprint density at radius 1 is 1.26 bits per heavy atom. The van der Waals surface area contributed by atoms with Crippen LogP contribution in [0, 0.1) is 15.9 Å². The number of para-hydroxylation sites is 1. The van der Waals surface area contributed by atoms with Crippen LogP contribution in [0.25, 0.3) is 0 Å². The van der Waals surface area contributed by atoms with E-state index in [2.05, 4.69) is 5.32 Å². The third-order valence-corrected chi connectivity index (χ3v) is 2.82. The van der Waals surface area contributed by atoms with Gasteiger partial charge in [-0.05, 0) is 24.3 Å². The first-order chi connectivity index (χ1) is 9.08. The maximum absolute atomic E-state index is 13.4. The van der Waals surface area contributed by atoms with Gasteiger partial charge in [0, 0.05) is 17.6 Å². The molecule has 0 bridgehead atoms. The molecule has 98 valence electrons. The summed E-state index contributed by atoms with van der Waals surface area (Å²) in [7, 11) is 0. The quantitative estimate of drug-likeness (QED) is 0.680. The highest BCUT2D eigenvalue weighted by Crippen LogP contribution is 2.24. The minimum Gasteiger partial charge on any atom is -0.378 e. The lowest BCUT2D eigenvalue weighted by Gasteiger charge is -2.08.